The first-order valence-corrected chi connectivity index (χ1v) is 20.0. The van der Waals surface area contributed by atoms with Gasteiger partial charge in [-0.2, -0.15) is 5.10 Å². The number of fused-ring (bicyclic) bond motifs is 14. The van der Waals surface area contributed by atoms with Gasteiger partial charge in [-0.3, -0.25) is 19.4 Å². The highest BCUT2D eigenvalue weighted by atomic mass is 16.7. The number of anilines is 1. The largest absolute Gasteiger partial charge is 0.507 e. The van der Waals surface area contributed by atoms with Crippen LogP contribution in [-0.4, -0.2) is 142 Å². The Bertz CT molecular complexity index is 2090. The number of methoxy groups -OCH3 is 1. The molecule has 2 aromatic rings. The Labute approximate surface area is 349 Å². The van der Waals surface area contributed by atoms with Crippen molar-refractivity contribution in [3.8, 4) is 23.0 Å². The van der Waals surface area contributed by atoms with Crippen LogP contribution in [0.5, 0.6) is 23.0 Å². The summed E-state index contributed by atoms with van der Waals surface area (Å²) in [6.45, 7) is 12.5. The maximum Gasteiger partial charge on any atom is 0.312 e. The van der Waals surface area contributed by atoms with Crippen molar-refractivity contribution in [2.24, 2.45) is 28.8 Å². The standard InChI is InChI=1S/C43H58N4O13/c1-21-11-10-12-27(20-48)42(56)45-33-28(19-44-47-16-14-46(8)15-17-47)37(53)30-31(38(33)54)36(52)25(5)40-32(30)41(55)43(7,60-40)58-18-13-29(57-9)22(2)39(59-26(6)49)24(4)35(51)23(3)34(21)50/h10-13,18-19,21-24,29,34-35,39,48,50-54H,14-17,20H2,1-9H3,(H,45,56)/b11-10?,18-13?,27-12?,44-19+/t21-,22?,23?,24+,29-,34-,35?,39+,43-/m0/s1. The number of esters is 1. The van der Waals surface area contributed by atoms with Gasteiger partial charge in [0.25, 0.3) is 11.7 Å². The number of phenolic OH excluding ortho intramolecular Hbond substituents is 3. The van der Waals surface area contributed by atoms with Gasteiger partial charge in [0.05, 0.1) is 59.6 Å². The minimum atomic E-state index is -2.07. The average Bonchev–Trinajstić information content (AvgIpc) is 3.48. The van der Waals surface area contributed by atoms with Crippen molar-refractivity contribution in [1.29, 1.82) is 0 Å². The zero-order chi connectivity index (χ0) is 44.4. The number of hydrazone groups is 1. The molecule has 1 amide bonds. The predicted octanol–water partition coefficient (Wildman–Crippen LogP) is 3.31. The number of aliphatic hydroxyl groups is 3. The quantitative estimate of drug-likeness (QED) is 0.0990. The maximum atomic E-state index is 14.4. The third-order valence-corrected chi connectivity index (χ3v) is 11.9. The van der Waals surface area contributed by atoms with Crippen molar-refractivity contribution in [1.82, 2.24) is 9.91 Å². The molecule has 4 heterocycles. The molecule has 0 saturated carbocycles. The number of hydrogen-bond acceptors (Lipinski definition) is 16. The van der Waals surface area contributed by atoms with Crippen molar-refractivity contribution in [2.75, 3.05) is 52.3 Å². The van der Waals surface area contributed by atoms with Gasteiger partial charge in [0, 0.05) is 87.3 Å². The summed E-state index contributed by atoms with van der Waals surface area (Å²) in [7, 11) is 3.39. The fourth-order valence-corrected chi connectivity index (χ4v) is 8.00. The number of hydrogen-bond donors (Lipinski definition) is 7. The number of aliphatic hydroxyl groups excluding tert-OH is 3. The van der Waals surface area contributed by atoms with Crippen molar-refractivity contribution in [2.45, 2.75) is 78.7 Å². The van der Waals surface area contributed by atoms with Crippen LogP contribution in [0.3, 0.4) is 0 Å². The van der Waals surface area contributed by atoms with E-state index in [-0.39, 0.29) is 44.5 Å². The van der Waals surface area contributed by atoms with E-state index in [9.17, 15) is 45.0 Å². The Morgan fingerprint density at radius 3 is 2.27 bits per heavy atom. The van der Waals surface area contributed by atoms with Crippen LogP contribution in [0.25, 0.3) is 10.8 Å². The fourth-order valence-electron chi connectivity index (χ4n) is 8.00. The number of ketones is 1. The normalized spacial score (nSPS) is 29.8. The van der Waals surface area contributed by atoms with Crippen LogP contribution in [0.15, 0.2) is 41.2 Å². The molecule has 60 heavy (non-hydrogen) atoms. The van der Waals surface area contributed by atoms with E-state index in [1.54, 1.807) is 38.8 Å². The molecular formula is C43H58N4O13. The van der Waals surface area contributed by atoms with Gasteiger partial charge in [0.2, 0.25) is 0 Å². The number of carbonyl (C=O) groups excluding carboxylic acids is 3. The van der Waals surface area contributed by atoms with Gasteiger partial charge in [0.15, 0.2) is 5.75 Å². The van der Waals surface area contributed by atoms with Gasteiger partial charge >= 0.3 is 11.8 Å². The lowest BCUT2D eigenvalue weighted by Crippen LogP contribution is -2.46. The number of aromatic hydroxyl groups is 3. The van der Waals surface area contributed by atoms with E-state index in [0.29, 0.717) is 26.2 Å². The number of nitrogens with one attached hydrogen (secondary N) is 1. The van der Waals surface area contributed by atoms with E-state index in [1.165, 1.54) is 58.6 Å². The Balaban J connectivity index is 1.72. The van der Waals surface area contributed by atoms with Crippen LogP contribution in [0, 0.1) is 30.6 Å². The molecule has 4 aliphatic rings. The number of allylic oxidation sites excluding steroid dienone is 2. The minimum absolute atomic E-state index is 0.0188. The maximum absolute atomic E-state index is 14.4. The lowest BCUT2D eigenvalue weighted by atomic mass is 9.78. The summed E-state index contributed by atoms with van der Waals surface area (Å²) in [4.78, 5) is 42.7. The molecule has 1 fully saturated rings. The summed E-state index contributed by atoms with van der Waals surface area (Å²) in [6.07, 6.45) is 4.21. The third kappa shape index (κ3) is 8.95. The second-order valence-electron chi connectivity index (χ2n) is 16.1. The summed E-state index contributed by atoms with van der Waals surface area (Å²) in [5.41, 5.74) is -0.956. The number of likely N-dealkylation sites (N-methyl/N-ethyl adjacent to an activating group) is 1. The molecule has 7 N–H and O–H groups in total. The van der Waals surface area contributed by atoms with E-state index in [2.05, 4.69) is 15.3 Å². The number of rotatable bonds is 5. The Morgan fingerprint density at radius 2 is 1.65 bits per heavy atom. The number of piperazine rings is 1. The van der Waals surface area contributed by atoms with Gasteiger partial charge in [-0.05, 0) is 20.0 Å². The molecule has 328 valence electrons. The molecule has 6 rings (SSSR count). The first kappa shape index (κ1) is 45.9. The highest BCUT2D eigenvalue weighted by Gasteiger charge is 2.50. The van der Waals surface area contributed by atoms with Crippen LogP contribution in [0.4, 0.5) is 5.69 Å². The number of Topliss-reactive ketones (excluding diaryl/α,β-unsaturated/α-hetero) is 1. The monoisotopic (exact) mass is 838 g/mol. The first-order chi connectivity index (χ1) is 28.3. The summed E-state index contributed by atoms with van der Waals surface area (Å²) in [5.74, 6) is -9.03. The van der Waals surface area contributed by atoms with Crippen LogP contribution in [0.1, 0.15) is 63.0 Å². The Morgan fingerprint density at radius 1 is 0.983 bits per heavy atom. The molecule has 2 aromatic carbocycles. The molecule has 0 spiro atoms. The lowest BCUT2D eigenvalue weighted by Gasteiger charge is -2.38. The van der Waals surface area contributed by atoms with E-state index < -0.39 is 95.4 Å². The van der Waals surface area contributed by atoms with Crippen molar-refractivity contribution in [3.63, 3.8) is 0 Å². The second kappa shape index (κ2) is 18.6. The molecule has 9 atom stereocenters. The van der Waals surface area contributed by atoms with Crippen molar-refractivity contribution >= 4 is 40.3 Å². The summed E-state index contributed by atoms with van der Waals surface area (Å²) in [6, 6.07) is 0. The highest BCUT2D eigenvalue weighted by Crippen LogP contribution is 2.55. The van der Waals surface area contributed by atoms with Crippen LogP contribution in [-0.2, 0) is 23.8 Å². The first-order valence-electron chi connectivity index (χ1n) is 20.0. The van der Waals surface area contributed by atoms with Crippen LogP contribution < -0.4 is 10.1 Å². The lowest BCUT2D eigenvalue weighted by molar-refractivity contribution is -0.160. The second-order valence-corrected chi connectivity index (χ2v) is 16.1. The average molecular weight is 839 g/mol. The SMILES string of the molecule is CO[C@H]1C=CO[C@@]2(C)Oc3c(C)c(O)c4c(O)c(c(/C=N/N5CCN(C)CC5)c(O)c4c3C2=O)NC(=O)C(CO)=CC=C[C@H](C)[C@H](O)C(C)C(O)[C@@H](C)[C@H](OC(C)=O)C1C. The van der Waals surface area contributed by atoms with Gasteiger partial charge in [-0.15, -0.1) is 0 Å². The van der Waals surface area contributed by atoms with E-state index in [1.807, 2.05) is 7.05 Å². The van der Waals surface area contributed by atoms with E-state index >= 15 is 0 Å². The topological polar surface area (TPSA) is 240 Å². The predicted molar refractivity (Wildman–Crippen MR) is 222 cm³/mol. The number of carbonyl (C=O) groups is 3. The summed E-state index contributed by atoms with van der Waals surface area (Å²) < 4.78 is 23.6. The van der Waals surface area contributed by atoms with Crippen molar-refractivity contribution in [3.05, 3.63) is 52.8 Å². The molecule has 0 aliphatic carbocycles. The minimum Gasteiger partial charge on any atom is -0.507 e. The van der Waals surface area contributed by atoms with E-state index in [0.717, 1.165) is 0 Å². The fraction of sp³-hybridized carbons (Fsp3) is 0.535. The van der Waals surface area contributed by atoms with Gasteiger partial charge in [-0.1, -0.05) is 45.9 Å². The molecule has 0 aromatic heterocycles. The van der Waals surface area contributed by atoms with Crippen LogP contribution >= 0.6 is 0 Å². The van der Waals surface area contributed by atoms with Gasteiger partial charge < -0.3 is 59.8 Å². The number of benzene rings is 2. The molecule has 1 saturated heterocycles. The molecule has 0 radical (unpaired) electrons. The zero-order valence-corrected chi connectivity index (χ0v) is 35.5. The smallest absolute Gasteiger partial charge is 0.312 e. The number of phenols is 3. The molecule has 17 nitrogen and oxygen atoms in total. The number of nitrogens with zero attached hydrogens (tertiary/aromatic N) is 3. The molecule has 3 unspecified atom stereocenters. The number of amides is 1. The van der Waals surface area contributed by atoms with Crippen molar-refractivity contribution < 1.29 is 64.0 Å². The molecule has 17 heteroatoms. The van der Waals surface area contributed by atoms with Gasteiger partial charge in [0.1, 0.15) is 23.4 Å². The third-order valence-electron chi connectivity index (χ3n) is 11.9. The van der Waals surface area contributed by atoms with Crippen LogP contribution in [0.2, 0.25) is 0 Å². The Kier molecular flexibility index (Phi) is 14.2. The van der Waals surface area contributed by atoms with Gasteiger partial charge in [-0.25, -0.2) is 0 Å². The summed E-state index contributed by atoms with van der Waals surface area (Å²) >= 11 is 0. The summed E-state index contributed by atoms with van der Waals surface area (Å²) in [5, 5.41) is 76.9. The zero-order valence-electron chi connectivity index (χ0n) is 35.5. The molecular weight excluding hydrogens is 780 g/mol. The van der Waals surface area contributed by atoms with E-state index in [4.69, 9.17) is 18.9 Å². The Hall–Kier alpha value is -5.20. The number of ether oxygens (including phenoxy) is 4. The molecule has 5 bridgehead atoms. The highest BCUT2D eigenvalue weighted by molar-refractivity contribution is 6.24. The molecule has 4 aliphatic heterocycles.